The Bertz CT molecular complexity index is 1050. The van der Waals surface area contributed by atoms with E-state index in [-0.39, 0.29) is 5.41 Å². The van der Waals surface area contributed by atoms with Crippen LogP contribution in [0.15, 0.2) is 60.8 Å². The van der Waals surface area contributed by atoms with E-state index in [2.05, 4.69) is 108 Å². The Hall–Kier alpha value is -1.88. The molecule has 0 radical (unpaired) electrons. The second-order valence-corrected chi connectivity index (χ2v) is 8.41. The Kier molecular flexibility index (Phi) is 3.64. The lowest BCUT2D eigenvalue weighted by Crippen LogP contribution is -2.12. The molecule has 3 heteroatoms. The third kappa shape index (κ3) is 2.51. The molecular formula is C21H19IN2. The minimum Gasteiger partial charge on any atom is -0.294 e. The molecule has 120 valence electrons. The highest BCUT2D eigenvalue weighted by atomic mass is 127. The molecule has 4 aromatic rings. The van der Waals surface area contributed by atoms with Gasteiger partial charge in [-0.2, -0.15) is 0 Å². The van der Waals surface area contributed by atoms with Gasteiger partial charge in [0.05, 0.1) is 11.0 Å². The molecule has 0 fully saturated rings. The fraction of sp³-hybridized carbons (Fsp3) is 0.190. The van der Waals surface area contributed by atoms with E-state index in [1.807, 2.05) is 6.20 Å². The molecule has 0 aliphatic rings. The lowest BCUT2D eigenvalue weighted by molar-refractivity contribution is 0.588. The number of nitrogens with zero attached hydrogens (tertiary/aromatic N) is 2. The van der Waals surface area contributed by atoms with E-state index >= 15 is 0 Å². The fourth-order valence-corrected chi connectivity index (χ4v) is 3.67. The number of para-hydroxylation sites is 1. The quantitative estimate of drug-likeness (QED) is 0.337. The van der Waals surface area contributed by atoms with Crippen molar-refractivity contribution in [3.63, 3.8) is 0 Å². The maximum Gasteiger partial charge on any atom is 0.137 e. The van der Waals surface area contributed by atoms with Crippen molar-refractivity contribution in [3.05, 3.63) is 69.9 Å². The van der Waals surface area contributed by atoms with Gasteiger partial charge in [0.25, 0.3) is 0 Å². The molecule has 0 N–H and O–H groups in total. The fourth-order valence-electron chi connectivity index (χ4n) is 3.20. The van der Waals surface area contributed by atoms with Gasteiger partial charge in [0, 0.05) is 20.5 Å². The van der Waals surface area contributed by atoms with Gasteiger partial charge < -0.3 is 0 Å². The zero-order chi connectivity index (χ0) is 16.9. The standard InChI is InChI=1S/C21H19IN2/c1-21(2,3)14-10-11-23-20(12-14)24-18-7-5-4-6-16(18)17-9-8-15(22)13-19(17)24/h4-13H,1-3H3. The molecule has 0 spiro atoms. The molecular weight excluding hydrogens is 407 g/mol. The second kappa shape index (κ2) is 5.59. The maximum absolute atomic E-state index is 4.69. The van der Waals surface area contributed by atoms with Crippen molar-refractivity contribution < 1.29 is 0 Å². The minimum absolute atomic E-state index is 0.102. The van der Waals surface area contributed by atoms with Gasteiger partial charge in [0.2, 0.25) is 0 Å². The minimum atomic E-state index is 0.102. The summed E-state index contributed by atoms with van der Waals surface area (Å²) in [4.78, 5) is 4.69. The van der Waals surface area contributed by atoms with Gasteiger partial charge in [-0.3, -0.25) is 4.57 Å². The van der Waals surface area contributed by atoms with Crippen molar-refractivity contribution in [1.82, 2.24) is 9.55 Å². The van der Waals surface area contributed by atoms with Gasteiger partial charge in [-0.05, 0) is 63.9 Å². The summed E-state index contributed by atoms with van der Waals surface area (Å²) in [5, 5.41) is 2.54. The second-order valence-electron chi connectivity index (χ2n) is 7.17. The van der Waals surface area contributed by atoms with Crippen molar-refractivity contribution in [2.24, 2.45) is 0 Å². The maximum atomic E-state index is 4.69. The highest BCUT2D eigenvalue weighted by molar-refractivity contribution is 14.1. The topological polar surface area (TPSA) is 17.8 Å². The van der Waals surface area contributed by atoms with Crippen LogP contribution in [0.3, 0.4) is 0 Å². The number of fused-ring (bicyclic) bond motifs is 3. The molecule has 2 aromatic heterocycles. The van der Waals surface area contributed by atoms with Crippen molar-refractivity contribution >= 4 is 44.4 Å². The molecule has 0 bridgehead atoms. The summed E-state index contributed by atoms with van der Waals surface area (Å²) in [5.74, 6) is 0.982. The van der Waals surface area contributed by atoms with Crippen LogP contribution < -0.4 is 0 Å². The normalized spacial score (nSPS) is 12.2. The van der Waals surface area contributed by atoms with Crippen molar-refractivity contribution in [2.75, 3.05) is 0 Å². The summed E-state index contributed by atoms with van der Waals surface area (Å²) in [6.45, 7) is 6.71. The summed E-state index contributed by atoms with van der Waals surface area (Å²) in [7, 11) is 0. The van der Waals surface area contributed by atoms with Crippen LogP contribution in [-0.2, 0) is 5.41 Å². The van der Waals surface area contributed by atoms with Gasteiger partial charge >= 0.3 is 0 Å². The monoisotopic (exact) mass is 426 g/mol. The van der Waals surface area contributed by atoms with Crippen LogP contribution in [0.4, 0.5) is 0 Å². The van der Waals surface area contributed by atoms with Gasteiger partial charge in [-0.1, -0.05) is 45.0 Å². The Morgan fingerprint density at radius 1 is 0.875 bits per heavy atom. The Morgan fingerprint density at radius 2 is 1.62 bits per heavy atom. The Morgan fingerprint density at radius 3 is 2.42 bits per heavy atom. The van der Waals surface area contributed by atoms with E-state index in [1.54, 1.807) is 0 Å². The largest absolute Gasteiger partial charge is 0.294 e. The summed E-state index contributed by atoms with van der Waals surface area (Å²) in [6.07, 6.45) is 1.92. The van der Waals surface area contributed by atoms with E-state index < -0.39 is 0 Å². The smallest absolute Gasteiger partial charge is 0.137 e. The number of pyridine rings is 1. The summed E-state index contributed by atoms with van der Waals surface area (Å²) < 4.78 is 3.51. The third-order valence-electron chi connectivity index (χ3n) is 4.48. The van der Waals surface area contributed by atoms with Gasteiger partial charge in [0.1, 0.15) is 5.82 Å². The number of halogens is 1. The summed E-state index contributed by atoms with van der Waals surface area (Å²) >= 11 is 2.37. The zero-order valence-corrected chi connectivity index (χ0v) is 16.2. The molecule has 0 amide bonds. The first kappa shape index (κ1) is 15.6. The van der Waals surface area contributed by atoms with Crippen LogP contribution in [0.2, 0.25) is 0 Å². The third-order valence-corrected chi connectivity index (χ3v) is 5.15. The molecule has 24 heavy (non-hydrogen) atoms. The predicted octanol–water partition coefficient (Wildman–Crippen LogP) is 6.08. The summed E-state index contributed by atoms with van der Waals surface area (Å²) in [5.41, 5.74) is 3.81. The average Bonchev–Trinajstić information content (AvgIpc) is 2.87. The molecule has 2 nitrogen and oxygen atoms in total. The average molecular weight is 426 g/mol. The Balaban J connectivity index is 2.10. The molecule has 0 saturated carbocycles. The number of benzene rings is 2. The first-order valence-electron chi connectivity index (χ1n) is 8.11. The van der Waals surface area contributed by atoms with Crippen molar-refractivity contribution in [1.29, 1.82) is 0 Å². The molecule has 4 rings (SSSR count). The zero-order valence-electron chi connectivity index (χ0n) is 14.0. The van der Waals surface area contributed by atoms with Gasteiger partial charge in [0.15, 0.2) is 0 Å². The van der Waals surface area contributed by atoms with Crippen LogP contribution in [0.1, 0.15) is 26.3 Å². The van der Waals surface area contributed by atoms with Crippen LogP contribution in [0.25, 0.3) is 27.6 Å². The SMILES string of the molecule is CC(C)(C)c1ccnc(-n2c3ccccc3c3ccc(I)cc32)c1. The van der Waals surface area contributed by atoms with Crippen molar-refractivity contribution in [2.45, 2.75) is 26.2 Å². The van der Waals surface area contributed by atoms with Crippen LogP contribution in [0, 0.1) is 3.57 Å². The van der Waals surface area contributed by atoms with E-state index in [9.17, 15) is 0 Å². The number of aromatic nitrogens is 2. The van der Waals surface area contributed by atoms with Crippen LogP contribution >= 0.6 is 22.6 Å². The predicted molar refractivity (Wildman–Crippen MR) is 110 cm³/mol. The Labute approximate surface area is 155 Å². The highest BCUT2D eigenvalue weighted by Crippen LogP contribution is 2.33. The number of hydrogen-bond acceptors (Lipinski definition) is 1. The van der Waals surface area contributed by atoms with Gasteiger partial charge in [-0.25, -0.2) is 4.98 Å². The summed E-state index contributed by atoms with van der Waals surface area (Å²) in [6, 6.07) is 19.5. The van der Waals surface area contributed by atoms with E-state index in [1.165, 1.54) is 30.9 Å². The molecule has 0 aliphatic carbocycles. The lowest BCUT2D eigenvalue weighted by Gasteiger charge is -2.20. The van der Waals surface area contributed by atoms with E-state index in [0.717, 1.165) is 5.82 Å². The van der Waals surface area contributed by atoms with E-state index in [4.69, 9.17) is 0 Å². The molecule has 0 aliphatic heterocycles. The van der Waals surface area contributed by atoms with Crippen LogP contribution in [-0.4, -0.2) is 9.55 Å². The number of hydrogen-bond donors (Lipinski definition) is 0. The number of rotatable bonds is 1. The molecule has 2 aromatic carbocycles. The first-order valence-corrected chi connectivity index (χ1v) is 9.19. The molecule has 0 unspecified atom stereocenters. The molecule has 2 heterocycles. The van der Waals surface area contributed by atoms with Crippen molar-refractivity contribution in [3.8, 4) is 5.82 Å². The highest BCUT2D eigenvalue weighted by Gasteiger charge is 2.17. The molecule has 0 saturated heterocycles. The van der Waals surface area contributed by atoms with Crippen LogP contribution in [0.5, 0.6) is 0 Å². The van der Waals surface area contributed by atoms with Gasteiger partial charge in [-0.15, -0.1) is 0 Å². The molecule has 0 atom stereocenters. The lowest BCUT2D eigenvalue weighted by atomic mass is 9.88. The van der Waals surface area contributed by atoms with E-state index in [0.29, 0.717) is 0 Å². The first-order chi connectivity index (χ1) is 11.4.